The average molecular weight is 252 g/mol. The highest BCUT2D eigenvalue weighted by molar-refractivity contribution is 5.91. The van der Waals surface area contributed by atoms with Gasteiger partial charge in [0.1, 0.15) is 0 Å². The van der Waals surface area contributed by atoms with Crippen LogP contribution in [0.1, 0.15) is 38.5 Å². The molecule has 1 fully saturated rings. The van der Waals surface area contributed by atoms with E-state index in [4.69, 9.17) is 4.74 Å². The summed E-state index contributed by atoms with van der Waals surface area (Å²) in [7, 11) is 1.78. The highest BCUT2D eigenvalue weighted by Crippen LogP contribution is 2.30. The van der Waals surface area contributed by atoms with E-state index in [1.54, 1.807) is 7.11 Å². The topological polar surface area (TPSA) is 71.2 Å². The normalized spacial score (nSPS) is 32.4. The number of rotatable bonds is 4. The van der Waals surface area contributed by atoms with Gasteiger partial charge in [-0.25, -0.2) is 0 Å². The molecule has 1 aliphatic carbocycles. The number of amides is 1. The summed E-state index contributed by atoms with van der Waals surface area (Å²) < 4.78 is 5.35. The van der Waals surface area contributed by atoms with Gasteiger partial charge in [0.15, 0.2) is 5.76 Å². The molecular weight excluding hydrogens is 232 g/mol. The minimum absolute atomic E-state index is 0.136. The number of aliphatic hydroxyl groups is 1. The van der Waals surface area contributed by atoms with Gasteiger partial charge >= 0.3 is 5.91 Å². The van der Waals surface area contributed by atoms with Crippen LogP contribution in [0.2, 0.25) is 0 Å². The van der Waals surface area contributed by atoms with Crippen LogP contribution in [0.15, 0.2) is 22.1 Å². The van der Waals surface area contributed by atoms with Crippen molar-refractivity contribution in [2.75, 3.05) is 7.11 Å². The molecule has 1 saturated carbocycles. The smallest absolute Gasteiger partial charge is 0.329 e. The number of carbonyl (C=O) groups is 1. The zero-order chi connectivity index (χ0) is 13.0. The molecule has 0 saturated heterocycles. The van der Waals surface area contributed by atoms with E-state index in [1.807, 2.05) is 0 Å². The van der Waals surface area contributed by atoms with Crippen LogP contribution in [0, 0.1) is 5.92 Å². The van der Waals surface area contributed by atoms with Crippen molar-refractivity contribution in [3.63, 3.8) is 0 Å². The van der Waals surface area contributed by atoms with Gasteiger partial charge in [-0.3, -0.25) is 4.79 Å². The Hall–Kier alpha value is -1.23. The number of aliphatic hydroxyl groups excluding tert-OH is 1. The lowest BCUT2D eigenvalue weighted by atomic mass is 9.83. The van der Waals surface area contributed by atoms with Crippen molar-refractivity contribution in [2.45, 2.75) is 50.7 Å². The molecule has 0 aromatic heterocycles. The molecule has 5 nitrogen and oxygen atoms in total. The quantitative estimate of drug-likeness (QED) is 0.836. The van der Waals surface area contributed by atoms with Gasteiger partial charge in [-0.15, -0.1) is 5.11 Å². The third-order valence-corrected chi connectivity index (χ3v) is 3.86. The summed E-state index contributed by atoms with van der Waals surface area (Å²) in [6.07, 6.45) is 8.50. The Labute approximate surface area is 107 Å². The van der Waals surface area contributed by atoms with Gasteiger partial charge in [0, 0.05) is 7.11 Å². The predicted octanol–water partition coefficient (Wildman–Crippen LogP) is 2.77. The molecule has 0 radical (unpaired) electrons. The second-order valence-electron chi connectivity index (χ2n) is 5.10. The molecule has 5 heteroatoms. The summed E-state index contributed by atoms with van der Waals surface area (Å²) in [4.78, 5) is 10.9. The van der Waals surface area contributed by atoms with Crippen molar-refractivity contribution in [3.05, 3.63) is 11.8 Å². The lowest BCUT2D eigenvalue weighted by molar-refractivity contribution is -0.117. The van der Waals surface area contributed by atoms with E-state index < -0.39 is 5.91 Å². The van der Waals surface area contributed by atoms with Crippen molar-refractivity contribution in [1.29, 1.82) is 0 Å². The summed E-state index contributed by atoms with van der Waals surface area (Å²) in [6, 6.07) is -0.136. The maximum atomic E-state index is 10.9. The first-order chi connectivity index (χ1) is 8.69. The van der Waals surface area contributed by atoms with Crippen LogP contribution in [0.3, 0.4) is 0 Å². The molecule has 0 bridgehead atoms. The number of azo groups is 1. The van der Waals surface area contributed by atoms with Crippen molar-refractivity contribution in [2.24, 2.45) is 16.1 Å². The van der Waals surface area contributed by atoms with Crippen LogP contribution in [0.5, 0.6) is 0 Å². The molecule has 1 aliphatic heterocycles. The fraction of sp³-hybridized carbons (Fsp3) is 0.769. The molecule has 2 rings (SSSR count). The molecule has 1 amide bonds. The lowest BCUT2D eigenvalue weighted by Gasteiger charge is -2.27. The van der Waals surface area contributed by atoms with Crippen LogP contribution in [-0.4, -0.2) is 30.3 Å². The lowest BCUT2D eigenvalue weighted by Crippen LogP contribution is -2.21. The Balaban J connectivity index is 1.73. The molecule has 1 heterocycles. The van der Waals surface area contributed by atoms with E-state index in [9.17, 15) is 9.90 Å². The van der Waals surface area contributed by atoms with Crippen molar-refractivity contribution in [1.82, 2.24) is 0 Å². The van der Waals surface area contributed by atoms with Crippen LogP contribution in [-0.2, 0) is 9.53 Å². The van der Waals surface area contributed by atoms with Gasteiger partial charge in [-0.1, -0.05) is 0 Å². The SMILES string of the molecule is COC1CCC(CCC2C=C(O)C(=O)N=N2)CC1. The maximum absolute atomic E-state index is 10.9. The largest absolute Gasteiger partial charge is 0.503 e. The Morgan fingerprint density at radius 2 is 2.06 bits per heavy atom. The molecule has 0 aromatic rings. The second-order valence-corrected chi connectivity index (χ2v) is 5.10. The Kier molecular flexibility index (Phi) is 4.47. The van der Waals surface area contributed by atoms with Crippen LogP contribution in [0.4, 0.5) is 0 Å². The van der Waals surface area contributed by atoms with E-state index in [0.29, 0.717) is 12.0 Å². The standard InChI is InChI=1S/C13H20N2O3/c1-18-11-6-3-9(4-7-11)2-5-10-8-12(16)13(17)15-14-10/h8-11,16H,2-7H2,1H3. The predicted molar refractivity (Wildman–Crippen MR) is 66.4 cm³/mol. The summed E-state index contributed by atoms with van der Waals surface area (Å²) in [6.45, 7) is 0. The maximum Gasteiger partial charge on any atom is 0.329 e. The number of methoxy groups -OCH3 is 1. The summed E-state index contributed by atoms with van der Waals surface area (Å²) in [5.41, 5.74) is 0. The highest BCUT2D eigenvalue weighted by Gasteiger charge is 2.23. The van der Waals surface area contributed by atoms with E-state index in [1.165, 1.54) is 18.9 Å². The minimum Gasteiger partial charge on any atom is -0.503 e. The number of hydrogen-bond donors (Lipinski definition) is 1. The summed E-state index contributed by atoms with van der Waals surface area (Å²) >= 11 is 0. The van der Waals surface area contributed by atoms with Gasteiger partial charge in [-0.2, -0.15) is 5.11 Å². The van der Waals surface area contributed by atoms with E-state index >= 15 is 0 Å². The third-order valence-electron chi connectivity index (χ3n) is 3.86. The number of hydrogen-bond acceptors (Lipinski definition) is 4. The summed E-state index contributed by atoms with van der Waals surface area (Å²) in [5.74, 6) is -0.190. The molecular formula is C13H20N2O3. The van der Waals surface area contributed by atoms with Crippen LogP contribution in [0.25, 0.3) is 0 Å². The van der Waals surface area contributed by atoms with Crippen molar-refractivity contribution >= 4 is 5.91 Å². The zero-order valence-electron chi connectivity index (χ0n) is 10.7. The fourth-order valence-electron chi connectivity index (χ4n) is 2.67. The van der Waals surface area contributed by atoms with Gasteiger partial charge in [-0.05, 0) is 50.5 Å². The number of carbonyl (C=O) groups excluding carboxylic acids is 1. The first-order valence-electron chi connectivity index (χ1n) is 6.57. The van der Waals surface area contributed by atoms with Gasteiger partial charge in [0.2, 0.25) is 0 Å². The van der Waals surface area contributed by atoms with E-state index in [0.717, 1.165) is 25.7 Å². The zero-order valence-corrected chi connectivity index (χ0v) is 10.7. The number of nitrogens with zero attached hydrogens (tertiary/aromatic N) is 2. The number of ether oxygens (including phenoxy) is 1. The fourth-order valence-corrected chi connectivity index (χ4v) is 2.67. The molecule has 2 aliphatic rings. The van der Waals surface area contributed by atoms with E-state index in [-0.39, 0.29) is 11.8 Å². The van der Waals surface area contributed by atoms with Gasteiger partial charge in [0.05, 0.1) is 12.1 Å². The Bertz CT molecular complexity index is 357. The Morgan fingerprint density at radius 1 is 1.33 bits per heavy atom. The highest BCUT2D eigenvalue weighted by atomic mass is 16.5. The monoisotopic (exact) mass is 252 g/mol. The van der Waals surface area contributed by atoms with Gasteiger partial charge < -0.3 is 9.84 Å². The molecule has 0 spiro atoms. The van der Waals surface area contributed by atoms with E-state index in [2.05, 4.69) is 10.2 Å². The molecule has 18 heavy (non-hydrogen) atoms. The van der Waals surface area contributed by atoms with Gasteiger partial charge in [0.25, 0.3) is 0 Å². The molecule has 1 atom stereocenters. The molecule has 1 unspecified atom stereocenters. The molecule has 1 N–H and O–H groups in total. The molecule has 100 valence electrons. The Morgan fingerprint density at radius 3 is 2.67 bits per heavy atom. The second kappa shape index (κ2) is 6.09. The first kappa shape index (κ1) is 13.2. The van der Waals surface area contributed by atoms with Crippen LogP contribution < -0.4 is 0 Å². The minimum atomic E-state index is -0.633. The van der Waals surface area contributed by atoms with Crippen molar-refractivity contribution in [3.8, 4) is 0 Å². The first-order valence-corrected chi connectivity index (χ1v) is 6.57. The van der Waals surface area contributed by atoms with Crippen molar-refractivity contribution < 1.29 is 14.6 Å². The van der Waals surface area contributed by atoms with Crippen LogP contribution >= 0.6 is 0 Å². The third kappa shape index (κ3) is 3.38. The average Bonchev–Trinajstić information content (AvgIpc) is 2.41. The molecule has 0 aromatic carbocycles. The summed E-state index contributed by atoms with van der Waals surface area (Å²) in [5, 5.41) is 16.6.